The summed E-state index contributed by atoms with van der Waals surface area (Å²) in [6.07, 6.45) is 1.16. The van der Waals surface area contributed by atoms with E-state index in [4.69, 9.17) is 4.74 Å². The van der Waals surface area contributed by atoms with Crippen molar-refractivity contribution < 1.29 is 4.74 Å². The normalized spacial score (nSPS) is 15.0. The molecule has 0 radical (unpaired) electrons. The van der Waals surface area contributed by atoms with Gasteiger partial charge in [-0.25, -0.2) is 4.98 Å². The van der Waals surface area contributed by atoms with Gasteiger partial charge in [0.25, 0.3) is 0 Å². The fraction of sp³-hybridized carbons (Fsp3) is 0.471. The molecule has 1 saturated heterocycles. The first-order chi connectivity index (χ1) is 10.8. The zero-order valence-corrected chi connectivity index (χ0v) is 14.2. The lowest BCUT2D eigenvalue weighted by molar-refractivity contribution is 0.244. The average molecular weight is 319 g/mol. The molecule has 1 aromatic carbocycles. The lowest BCUT2D eigenvalue weighted by Gasteiger charge is -2.26. The minimum Gasteiger partial charge on any atom is -0.497 e. The van der Waals surface area contributed by atoms with Crippen molar-refractivity contribution in [3.05, 3.63) is 46.4 Å². The minimum atomic E-state index is 0.910. The molecule has 120 valence electrons. The molecular formula is C17H25N3OS. The van der Waals surface area contributed by atoms with Crippen LogP contribution >= 0.6 is 11.3 Å². The monoisotopic (exact) mass is 319 g/mol. The molecule has 1 fully saturated rings. The first-order valence-electron chi connectivity index (χ1n) is 7.70. The predicted octanol–water partition coefficient (Wildman–Crippen LogP) is 2.59. The van der Waals surface area contributed by atoms with Crippen molar-refractivity contribution in [1.82, 2.24) is 15.2 Å². The topological polar surface area (TPSA) is 37.4 Å². The van der Waals surface area contributed by atoms with Gasteiger partial charge in [-0.1, -0.05) is 18.2 Å². The number of methoxy groups -OCH3 is 1. The molecule has 22 heavy (non-hydrogen) atoms. The van der Waals surface area contributed by atoms with Gasteiger partial charge in [0.1, 0.15) is 5.75 Å². The van der Waals surface area contributed by atoms with Crippen LogP contribution in [0.4, 0.5) is 0 Å². The van der Waals surface area contributed by atoms with Gasteiger partial charge < -0.3 is 15.0 Å². The molecule has 0 aliphatic carbocycles. The third-order valence-corrected chi connectivity index (χ3v) is 4.68. The van der Waals surface area contributed by atoms with Gasteiger partial charge in [0, 0.05) is 37.6 Å². The van der Waals surface area contributed by atoms with E-state index >= 15 is 0 Å². The van der Waals surface area contributed by atoms with E-state index in [9.17, 15) is 0 Å². The SMILES string of the molecule is COc1ccccc1.Cc1ncsc1CCN1CCNCC1. The maximum Gasteiger partial charge on any atom is 0.118 e. The highest BCUT2D eigenvalue weighted by Gasteiger charge is 2.10. The van der Waals surface area contributed by atoms with Crippen molar-refractivity contribution in [2.24, 2.45) is 0 Å². The lowest BCUT2D eigenvalue weighted by Crippen LogP contribution is -2.44. The van der Waals surface area contributed by atoms with Crippen LogP contribution in [0.3, 0.4) is 0 Å². The molecule has 3 rings (SSSR count). The summed E-state index contributed by atoms with van der Waals surface area (Å²) < 4.78 is 4.91. The molecule has 1 N–H and O–H groups in total. The molecule has 1 aliphatic rings. The average Bonchev–Trinajstić information content (AvgIpc) is 3.00. The van der Waals surface area contributed by atoms with Crippen molar-refractivity contribution in [1.29, 1.82) is 0 Å². The number of para-hydroxylation sites is 1. The van der Waals surface area contributed by atoms with Gasteiger partial charge in [0.15, 0.2) is 0 Å². The Morgan fingerprint density at radius 2 is 1.95 bits per heavy atom. The number of benzene rings is 1. The second-order valence-corrected chi connectivity index (χ2v) is 6.16. The van der Waals surface area contributed by atoms with Crippen LogP contribution in [0, 0.1) is 6.92 Å². The molecule has 4 nitrogen and oxygen atoms in total. The Labute approximate surface area is 137 Å². The lowest BCUT2D eigenvalue weighted by atomic mass is 10.2. The molecule has 0 bridgehead atoms. The minimum absolute atomic E-state index is 0.910. The third kappa shape index (κ3) is 5.75. The summed E-state index contributed by atoms with van der Waals surface area (Å²) in [4.78, 5) is 8.24. The molecule has 2 heterocycles. The highest BCUT2D eigenvalue weighted by Crippen LogP contribution is 2.13. The number of hydrogen-bond acceptors (Lipinski definition) is 5. The molecular weight excluding hydrogens is 294 g/mol. The Morgan fingerprint density at radius 1 is 1.23 bits per heavy atom. The van der Waals surface area contributed by atoms with E-state index in [0.29, 0.717) is 0 Å². The van der Waals surface area contributed by atoms with E-state index in [1.54, 1.807) is 18.4 Å². The van der Waals surface area contributed by atoms with E-state index in [2.05, 4.69) is 22.1 Å². The van der Waals surface area contributed by atoms with Crippen molar-refractivity contribution in [2.75, 3.05) is 39.8 Å². The first-order valence-corrected chi connectivity index (χ1v) is 8.58. The number of nitrogens with one attached hydrogen (secondary N) is 1. The van der Waals surface area contributed by atoms with Gasteiger partial charge in [0.2, 0.25) is 0 Å². The molecule has 1 aliphatic heterocycles. The van der Waals surface area contributed by atoms with Crippen LogP contribution in [-0.2, 0) is 6.42 Å². The summed E-state index contributed by atoms with van der Waals surface area (Å²) in [5.41, 5.74) is 3.16. The zero-order chi connectivity index (χ0) is 15.6. The number of piperazine rings is 1. The van der Waals surface area contributed by atoms with Gasteiger partial charge in [-0.15, -0.1) is 11.3 Å². The molecule has 0 atom stereocenters. The van der Waals surface area contributed by atoms with Crippen molar-refractivity contribution in [3.63, 3.8) is 0 Å². The Balaban J connectivity index is 0.000000188. The second kappa shape index (κ2) is 9.56. The largest absolute Gasteiger partial charge is 0.497 e. The Morgan fingerprint density at radius 3 is 2.50 bits per heavy atom. The number of thiazole rings is 1. The number of aromatic nitrogens is 1. The smallest absolute Gasteiger partial charge is 0.118 e. The summed E-state index contributed by atoms with van der Waals surface area (Å²) in [5.74, 6) is 0.910. The van der Waals surface area contributed by atoms with Crippen LogP contribution in [-0.4, -0.2) is 49.7 Å². The van der Waals surface area contributed by atoms with Gasteiger partial charge in [-0.3, -0.25) is 0 Å². The van der Waals surface area contributed by atoms with E-state index in [0.717, 1.165) is 25.3 Å². The Hall–Kier alpha value is -1.43. The van der Waals surface area contributed by atoms with E-state index in [1.165, 1.54) is 30.2 Å². The number of rotatable bonds is 4. The fourth-order valence-corrected chi connectivity index (χ4v) is 3.09. The molecule has 0 unspecified atom stereocenters. The highest BCUT2D eigenvalue weighted by atomic mass is 32.1. The van der Waals surface area contributed by atoms with Crippen molar-refractivity contribution in [2.45, 2.75) is 13.3 Å². The standard InChI is InChI=1S/C10H17N3S.C7H8O/c1-9-10(14-8-12-9)2-5-13-6-3-11-4-7-13;1-8-7-5-3-2-4-6-7/h8,11H,2-7H2,1H3;2-6H,1H3. The molecule has 5 heteroatoms. The van der Waals surface area contributed by atoms with Crippen LogP contribution in [0.2, 0.25) is 0 Å². The van der Waals surface area contributed by atoms with Gasteiger partial charge in [-0.05, 0) is 25.5 Å². The first kappa shape index (κ1) is 16.9. The van der Waals surface area contributed by atoms with Crippen LogP contribution in [0.5, 0.6) is 5.75 Å². The predicted molar refractivity (Wildman–Crippen MR) is 92.9 cm³/mol. The number of aryl methyl sites for hydroxylation is 1. The Kier molecular flexibility index (Phi) is 7.36. The maximum atomic E-state index is 4.91. The summed E-state index contributed by atoms with van der Waals surface area (Å²) >= 11 is 1.78. The summed E-state index contributed by atoms with van der Waals surface area (Å²) in [7, 11) is 1.66. The summed E-state index contributed by atoms with van der Waals surface area (Å²) in [6, 6.07) is 9.68. The fourth-order valence-electron chi connectivity index (χ4n) is 2.32. The van der Waals surface area contributed by atoms with Crippen LogP contribution in [0.25, 0.3) is 0 Å². The Bertz CT molecular complexity index is 524. The molecule has 1 aromatic heterocycles. The third-order valence-electron chi connectivity index (χ3n) is 3.69. The second-order valence-electron chi connectivity index (χ2n) is 5.22. The van der Waals surface area contributed by atoms with Crippen LogP contribution in [0.1, 0.15) is 10.6 Å². The van der Waals surface area contributed by atoms with Crippen molar-refractivity contribution >= 4 is 11.3 Å². The zero-order valence-electron chi connectivity index (χ0n) is 13.4. The molecule has 0 amide bonds. The molecule has 2 aromatic rings. The number of nitrogens with zero attached hydrogens (tertiary/aromatic N) is 2. The highest BCUT2D eigenvalue weighted by molar-refractivity contribution is 7.09. The van der Waals surface area contributed by atoms with E-state index in [1.807, 2.05) is 35.8 Å². The quantitative estimate of drug-likeness (QED) is 0.940. The van der Waals surface area contributed by atoms with E-state index in [-0.39, 0.29) is 0 Å². The number of ether oxygens (including phenoxy) is 1. The van der Waals surface area contributed by atoms with Gasteiger partial charge in [0.05, 0.1) is 18.3 Å². The van der Waals surface area contributed by atoms with Crippen LogP contribution in [0.15, 0.2) is 35.8 Å². The van der Waals surface area contributed by atoms with Crippen LogP contribution < -0.4 is 10.1 Å². The van der Waals surface area contributed by atoms with E-state index < -0.39 is 0 Å². The molecule has 0 spiro atoms. The van der Waals surface area contributed by atoms with Gasteiger partial charge >= 0.3 is 0 Å². The number of hydrogen-bond donors (Lipinski definition) is 1. The van der Waals surface area contributed by atoms with Gasteiger partial charge in [-0.2, -0.15) is 0 Å². The summed E-state index contributed by atoms with van der Waals surface area (Å²) in [6.45, 7) is 7.95. The molecule has 0 saturated carbocycles. The van der Waals surface area contributed by atoms with Crippen molar-refractivity contribution in [3.8, 4) is 5.75 Å². The maximum absolute atomic E-state index is 4.91. The summed E-state index contributed by atoms with van der Waals surface area (Å²) in [5, 5.41) is 3.37.